The molecule has 2 aromatic carbocycles. The molecule has 19 heavy (non-hydrogen) atoms. The highest BCUT2D eigenvalue weighted by atomic mass is 16.4. The van der Waals surface area contributed by atoms with Gasteiger partial charge in [-0.25, -0.2) is 4.79 Å². The van der Waals surface area contributed by atoms with E-state index in [0.717, 1.165) is 23.6 Å². The third-order valence-electron chi connectivity index (χ3n) is 3.02. The maximum Gasteiger partial charge on any atom is 0.328 e. The summed E-state index contributed by atoms with van der Waals surface area (Å²) in [6.45, 7) is 2.14. The summed E-state index contributed by atoms with van der Waals surface area (Å²) in [6, 6.07) is 16.3. The number of carboxylic acids is 1. The van der Waals surface area contributed by atoms with Crippen molar-refractivity contribution >= 4 is 12.0 Å². The second-order valence-electron chi connectivity index (χ2n) is 4.34. The first kappa shape index (κ1) is 13.1. The Morgan fingerprint density at radius 2 is 1.53 bits per heavy atom. The van der Waals surface area contributed by atoms with E-state index >= 15 is 0 Å². The molecule has 2 heteroatoms. The van der Waals surface area contributed by atoms with Crippen LogP contribution in [-0.2, 0) is 11.2 Å². The van der Waals surface area contributed by atoms with E-state index in [4.69, 9.17) is 5.11 Å². The van der Waals surface area contributed by atoms with Crippen molar-refractivity contribution in [3.8, 4) is 11.1 Å². The van der Waals surface area contributed by atoms with Crippen LogP contribution in [0.5, 0.6) is 0 Å². The normalized spacial score (nSPS) is 10.8. The lowest BCUT2D eigenvalue weighted by Gasteiger charge is -2.03. The quantitative estimate of drug-likeness (QED) is 0.835. The first-order valence-corrected chi connectivity index (χ1v) is 6.29. The van der Waals surface area contributed by atoms with E-state index in [9.17, 15) is 4.79 Å². The van der Waals surface area contributed by atoms with E-state index in [-0.39, 0.29) is 0 Å². The van der Waals surface area contributed by atoms with Crippen molar-refractivity contribution in [2.45, 2.75) is 13.3 Å². The number of carbonyl (C=O) groups is 1. The molecule has 0 fully saturated rings. The average Bonchev–Trinajstić information content (AvgIpc) is 2.46. The smallest absolute Gasteiger partial charge is 0.328 e. The van der Waals surface area contributed by atoms with E-state index in [1.54, 1.807) is 6.08 Å². The molecule has 0 saturated heterocycles. The molecule has 0 amide bonds. The van der Waals surface area contributed by atoms with Crippen LogP contribution in [0.25, 0.3) is 17.2 Å². The fourth-order valence-corrected chi connectivity index (χ4v) is 1.89. The molecule has 2 aromatic rings. The highest BCUT2D eigenvalue weighted by Crippen LogP contribution is 2.20. The fourth-order valence-electron chi connectivity index (χ4n) is 1.89. The van der Waals surface area contributed by atoms with Crippen molar-refractivity contribution in [1.29, 1.82) is 0 Å². The third-order valence-corrected chi connectivity index (χ3v) is 3.02. The van der Waals surface area contributed by atoms with Crippen LogP contribution >= 0.6 is 0 Å². The minimum absolute atomic E-state index is 0.885. The Morgan fingerprint density at radius 1 is 1.00 bits per heavy atom. The number of carboxylic acid groups (broad SMARTS) is 1. The van der Waals surface area contributed by atoms with Gasteiger partial charge in [0.2, 0.25) is 0 Å². The van der Waals surface area contributed by atoms with Gasteiger partial charge in [-0.1, -0.05) is 55.5 Å². The number of hydrogen-bond donors (Lipinski definition) is 1. The summed E-state index contributed by atoms with van der Waals surface area (Å²) in [5.41, 5.74) is 4.52. The SMILES string of the molecule is CCc1ccc(-c2ccc(C=CC(=O)O)cc2)cc1. The molecule has 2 rings (SSSR count). The fraction of sp³-hybridized carbons (Fsp3) is 0.118. The number of hydrogen-bond acceptors (Lipinski definition) is 1. The summed E-state index contributed by atoms with van der Waals surface area (Å²) >= 11 is 0. The van der Waals surface area contributed by atoms with Gasteiger partial charge in [0.25, 0.3) is 0 Å². The Balaban J connectivity index is 2.19. The van der Waals surface area contributed by atoms with Crippen LogP contribution in [0, 0.1) is 0 Å². The van der Waals surface area contributed by atoms with E-state index in [1.807, 2.05) is 24.3 Å². The molecule has 0 aliphatic carbocycles. The van der Waals surface area contributed by atoms with Crippen LogP contribution in [0.1, 0.15) is 18.1 Å². The molecular weight excluding hydrogens is 236 g/mol. The zero-order valence-electron chi connectivity index (χ0n) is 10.8. The van der Waals surface area contributed by atoms with Crippen LogP contribution in [0.2, 0.25) is 0 Å². The van der Waals surface area contributed by atoms with Gasteiger partial charge in [-0.15, -0.1) is 0 Å². The second kappa shape index (κ2) is 6.01. The topological polar surface area (TPSA) is 37.3 Å². The monoisotopic (exact) mass is 252 g/mol. The van der Waals surface area contributed by atoms with Crippen molar-refractivity contribution in [1.82, 2.24) is 0 Å². The molecule has 0 saturated carbocycles. The van der Waals surface area contributed by atoms with Crippen LogP contribution in [0.3, 0.4) is 0 Å². The van der Waals surface area contributed by atoms with Gasteiger partial charge >= 0.3 is 5.97 Å². The molecule has 0 aromatic heterocycles. The summed E-state index contributed by atoms with van der Waals surface area (Å²) in [5, 5.41) is 8.57. The first-order valence-electron chi connectivity index (χ1n) is 6.29. The van der Waals surface area contributed by atoms with E-state index in [2.05, 4.69) is 31.2 Å². The predicted molar refractivity (Wildman–Crippen MR) is 77.9 cm³/mol. The highest BCUT2D eigenvalue weighted by Gasteiger charge is 1.97. The van der Waals surface area contributed by atoms with E-state index in [0.29, 0.717) is 0 Å². The Hall–Kier alpha value is -2.35. The largest absolute Gasteiger partial charge is 0.478 e. The lowest BCUT2D eigenvalue weighted by atomic mass is 10.0. The molecule has 0 atom stereocenters. The maximum absolute atomic E-state index is 10.4. The lowest BCUT2D eigenvalue weighted by Crippen LogP contribution is -1.86. The Morgan fingerprint density at radius 3 is 2.00 bits per heavy atom. The molecule has 0 heterocycles. The van der Waals surface area contributed by atoms with Crippen molar-refractivity contribution in [3.63, 3.8) is 0 Å². The van der Waals surface area contributed by atoms with Crippen LogP contribution in [0.15, 0.2) is 54.6 Å². The molecule has 0 unspecified atom stereocenters. The van der Waals surface area contributed by atoms with Crippen molar-refractivity contribution < 1.29 is 9.90 Å². The number of aryl methyl sites for hydroxylation is 1. The summed E-state index contributed by atoms with van der Waals surface area (Å²) < 4.78 is 0. The number of aliphatic carboxylic acids is 1. The van der Waals surface area contributed by atoms with Crippen molar-refractivity contribution in [2.75, 3.05) is 0 Å². The molecule has 2 nitrogen and oxygen atoms in total. The summed E-state index contributed by atoms with van der Waals surface area (Å²) in [4.78, 5) is 10.4. The standard InChI is InChI=1S/C17H16O2/c1-2-13-3-8-15(9-4-13)16-10-5-14(6-11-16)7-12-17(18)19/h3-12H,2H2,1H3,(H,18,19). The zero-order valence-corrected chi connectivity index (χ0v) is 10.8. The Bertz CT molecular complexity index is 578. The van der Waals surface area contributed by atoms with Crippen LogP contribution in [-0.4, -0.2) is 11.1 Å². The minimum atomic E-state index is -0.931. The number of benzene rings is 2. The van der Waals surface area contributed by atoms with E-state index < -0.39 is 5.97 Å². The van der Waals surface area contributed by atoms with Crippen LogP contribution < -0.4 is 0 Å². The van der Waals surface area contributed by atoms with Gasteiger partial charge in [-0.05, 0) is 34.8 Å². The van der Waals surface area contributed by atoms with E-state index in [1.165, 1.54) is 11.1 Å². The molecule has 0 bridgehead atoms. The van der Waals surface area contributed by atoms with Crippen LogP contribution in [0.4, 0.5) is 0 Å². The maximum atomic E-state index is 10.4. The summed E-state index contributed by atoms with van der Waals surface area (Å²) in [7, 11) is 0. The molecule has 1 N–H and O–H groups in total. The Kier molecular flexibility index (Phi) is 4.14. The van der Waals surface area contributed by atoms with Gasteiger partial charge < -0.3 is 5.11 Å². The molecule has 0 spiro atoms. The van der Waals surface area contributed by atoms with Crippen molar-refractivity contribution in [3.05, 3.63) is 65.7 Å². The molecular formula is C17H16O2. The molecule has 0 aliphatic rings. The summed E-state index contributed by atoms with van der Waals surface area (Å²) in [5.74, 6) is -0.931. The molecule has 0 aliphatic heterocycles. The predicted octanol–water partition coefficient (Wildman–Crippen LogP) is 4.01. The van der Waals surface area contributed by atoms with Gasteiger partial charge in [0.15, 0.2) is 0 Å². The minimum Gasteiger partial charge on any atom is -0.478 e. The van der Waals surface area contributed by atoms with Gasteiger partial charge in [-0.3, -0.25) is 0 Å². The molecule has 96 valence electrons. The Labute approximate surface area is 113 Å². The second-order valence-corrected chi connectivity index (χ2v) is 4.34. The third kappa shape index (κ3) is 3.55. The van der Waals surface area contributed by atoms with Crippen molar-refractivity contribution in [2.24, 2.45) is 0 Å². The van der Waals surface area contributed by atoms with Gasteiger partial charge in [0.05, 0.1) is 0 Å². The first-order chi connectivity index (χ1) is 9.19. The highest BCUT2D eigenvalue weighted by molar-refractivity contribution is 5.85. The average molecular weight is 252 g/mol. The summed E-state index contributed by atoms with van der Waals surface area (Å²) in [6.07, 6.45) is 3.77. The van der Waals surface area contributed by atoms with Gasteiger partial charge in [-0.2, -0.15) is 0 Å². The van der Waals surface area contributed by atoms with Gasteiger partial charge in [0.1, 0.15) is 0 Å². The zero-order chi connectivity index (χ0) is 13.7. The molecule has 0 radical (unpaired) electrons. The van der Waals surface area contributed by atoms with Gasteiger partial charge in [0, 0.05) is 6.08 Å². The lowest BCUT2D eigenvalue weighted by molar-refractivity contribution is -0.131. The number of rotatable bonds is 4.